The van der Waals surface area contributed by atoms with Crippen molar-refractivity contribution in [1.82, 2.24) is 5.32 Å². The van der Waals surface area contributed by atoms with Crippen LogP contribution < -0.4 is 5.32 Å². The summed E-state index contributed by atoms with van der Waals surface area (Å²) in [5, 5.41) is 3.43. The molecule has 1 atom stereocenters. The molecule has 0 amide bonds. The molecule has 62 valence electrons. The first-order valence-corrected chi connectivity index (χ1v) is 4.60. The second kappa shape index (κ2) is 5.99. The summed E-state index contributed by atoms with van der Waals surface area (Å²) in [5.74, 6) is 0.705. The molecule has 2 heteroatoms. The average molecular weight is 164 g/mol. The minimum atomic E-state index is 0.451. The molecule has 0 aliphatic carbocycles. The number of nitrogens with one attached hydrogen (secondary N) is 1. The minimum Gasteiger partial charge on any atom is -0.310 e. The monoisotopic (exact) mass is 163 g/mol. The van der Waals surface area contributed by atoms with Crippen LogP contribution in [-0.2, 0) is 0 Å². The molecule has 10 heavy (non-hydrogen) atoms. The number of halogens is 1. The van der Waals surface area contributed by atoms with Crippen molar-refractivity contribution in [3.63, 3.8) is 0 Å². The molecule has 0 radical (unpaired) electrons. The van der Waals surface area contributed by atoms with E-state index in [2.05, 4.69) is 26.1 Å². The number of hydrogen-bond donors (Lipinski definition) is 1. The lowest BCUT2D eigenvalue weighted by Crippen LogP contribution is -2.36. The van der Waals surface area contributed by atoms with Crippen molar-refractivity contribution in [1.29, 1.82) is 0 Å². The summed E-state index contributed by atoms with van der Waals surface area (Å²) >= 11 is 5.65. The molecule has 0 aromatic carbocycles. The smallest absolute Gasteiger partial charge is 0.0374 e. The predicted molar refractivity (Wildman–Crippen MR) is 47.7 cm³/mol. The normalized spacial score (nSPS) is 14.1. The van der Waals surface area contributed by atoms with Crippen LogP contribution in [0, 0.1) is 0 Å². The zero-order valence-corrected chi connectivity index (χ0v) is 7.91. The Hall–Kier alpha value is 0.250. The lowest BCUT2D eigenvalue weighted by Gasteiger charge is -2.18. The van der Waals surface area contributed by atoms with Crippen molar-refractivity contribution < 1.29 is 0 Å². The topological polar surface area (TPSA) is 12.0 Å². The fourth-order valence-electron chi connectivity index (χ4n) is 0.971. The quantitative estimate of drug-likeness (QED) is 0.614. The van der Waals surface area contributed by atoms with Gasteiger partial charge in [-0.05, 0) is 19.8 Å². The predicted octanol–water partition coefficient (Wildman–Crippen LogP) is 2.39. The summed E-state index contributed by atoms with van der Waals surface area (Å²) in [4.78, 5) is 0. The summed E-state index contributed by atoms with van der Waals surface area (Å²) in [6.45, 7) is 6.51. The van der Waals surface area contributed by atoms with Crippen LogP contribution in [0.5, 0.6) is 0 Å². The Labute approximate surface area is 69.1 Å². The van der Waals surface area contributed by atoms with Gasteiger partial charge in [-0.1, -0.05) is 13.8 Å². The molecule has 1 nitrogen and oxygen atoms in total. The molecule has 1 unspecified atom stereocenters. The van der Waals surface area contributed by atoms with Crippen LogP contribution in [0.4, 0.5) is 0 Å². The maximum absolute atomic E-state index is 5.65. The van der Waals surface area contributed by atoms with Crippen LogP contribution in [0.25, 0.3) is 0 Å². The van der Waals surface area contributed by atoms with Gasteiger partial charge in [0.2, 0.25) is 0 Å². The first kappa shape index (κ1) is 10.2. The summed E-state index contributed by atoms with van der Waals surface area (Å²) in [6, 6.07) is 1.10. The van der Waals surface area contributed by atoms with Crippen molar-refractivity contribution in [3.8, 4) is 0 Å². The van der Waals surface area contributed by atoms with Crippen molar-refractivity contribution in [2.45, 2.75) is 45.7 Å². The fourth-order valence-corrected chi connectivity index (χ4v) is 1.06. The first-order chi connectivity index (χ1) is 4.74. The summed E-state index contributed by atoms with van der Waals surface area (Å²) in [7, 11) is 0. The van der Waals surface area contributed by atoms with Gasteiger partial charge in [-0.3, -0.25) is 0 Å². The molecule has 1 N–H and O–H groups in total. The van der Waals surface area contributed by atoms with Gasteiger partial charge in [0.1, 0.15) is 0 Å². The zero-order valence-electron chi connectivity index (χ0n) is 7.15. The molecular weight excluding hydrogens is 146 g/mol. The summed E-state index contributed by atoms with van der Waals surface area (Å²) < 4.78 is 0. The van der Waals surface area contributed by atoms with Gasteiger partial charge < -0.3 is 5.32 Å². The molecule has 0 aliphatic rings. The van der Waals surface area contributed by atoms with Crippen molar-refractivity contribution in [2.24, 2.45) is 0 Å². The third-order valence-corrected chi connectivity index (χ3v) is 2.20. The van der Waals surface area contributed by atoms with E-state index >= 15 is 0 Å². The minimum absolute atomic E-state index is 0.451. The molecule has 0 aromatic heterocycles. The van der Waals surface area contributed by atoms with Crippen molar-refractivity contribution >= 4 is 11.6 Å². The Morgan fingerprint density at radius 2 is 1.80 bits per heavy atom. The van der Waals surface area contributed by atoms with Crippen LogP contribution in [-0.4, -0.2) is 18.0 Å². The van der Waals surface area contributed by atoms with E-state index in [0.29, 0.717) is 18.0 Å². The third kappa shape index (κ3) is 4.13. The molecule has 0 spiro atoms. The van der Waals surface area contributed by atoms with E-state index in [4.69, 9.17) is 11.6 Å². The molecular formula is C8H18ClN. The van der Waals surface area contributed by atoms with E-state index in [0.717, 1.165) is 0 Å². The van der Waals surface area contributed by atoms with E-state index in [1.54, 1.807) is 0 Å². The van der Waals surface area contributed by atoms with Crippen LogP contribution in [0.2, 0.25) is 0 Å². The number of alkyl halides is 1. The average Bonchev–Trinajstić information content (AvgIpc) is 1.99. The van der Waals surface area contributed by atoms with E-state index in [1.807, 2.05) is 0 Å². The maximum atomic E-state index is 5.65. The van der Waals surface area contributed by atoms with Crippen molar-refractivity contribution in [3.05, 3.63) is 0 Å². The Kier molecular flexibility index (Phi) is 6.14. The van der Waals surface area contributed by atoms with Gasteiger partial charge >= 0.3 is 0 Å². The van der Waals surface area contributed by atoms with Crippen molar-refractivity contribution in [2.75, 3.05) is 5.88 Å². The van der Waals surface area contributed by atoms with Crippen LogP contribution >= 0.6 is 11.6 Å². The molecule has 0 aliphatic heterocycles. The summed E-state index contributed by atoms with van der Waals surface area (Å²) in [5.41, 5.74) is 0. The zero-order chi connectivity index (χ0) is 7.98. The van der Waals surface area contributed by atoms with Gasteiger partial charge in [-0.2, -0.15) is 0 Å². The molecule has 0 fully saturated rings. The molecule has 0 bridgehead atoms. The van der Waals surface area contributed by atoms with Gasteiger partial charge in [0.25, 0.3) is 0 Å². The SMILES string of the molecule is CCC(CC)NC(C)CCl. The Morgan fingerprint density at radius 3 is 2.10 bits per heavy atom. The van der Waals surface area contributed by atoms with Gasteiger partial charge in [-0.25, -0.2) is 0 Å². The highest BCUT2D eigenvalue weighted by molar-refractivity contribution is 6.18. The fraction of sp³-hybridized carbons (Fsp3) is 1.00. The lowest BCUT2D eigenvalue weighted by atomic mass is 10.1. The van der Waals surface area contributed by atoms with Crippen LogP contribution in [0.3, 0.4) is 0 Å². The van der Waals surface area contributed by atoms with E-state index in [-0.39, 0.29) is 0 Å². The second-order valence-electron chi connectivity index (χ2n) is 2.74. The van der Waals surface area contributed by atoms with Gasteiger partial charge in [0.05, 0.1) is 0 Å². The Bertz CT molecular complexity index is 71.7. The van der Waals surface area contributed by atoms with Gasteiger partial charge in [0.15, 0.2) is 0 Å². The second-order valence-corrected chi connectivity index (χ2v) is 3.04. The summed E-state index contributed by atoms with van der Waals surface area (Å²) in [6.07, 6.45) is 2.38. The first-order valence-electron chi connectivity index (χ1n) is 4.06. The Morgan fingerprint density at radius 1 is 1.30 bits per heavy atom. The molecule has 0 aromatic rings. The number of hydrogen-bond acceptors (Lipinski definition) is 1. The third-order valence-electron chi connectivity index (χ3n) is 1.74. The maximum Gasteiger partial charge on any atom is 0.0374 e. The van der Waals surface area contributed by atoms with Gasteiger partial charge in [-0.15, -0.1) is 11.6 Å². The lowest BCUT2D eigenvalue weighted by molar-refractivity contribution is 0.443. The highest BCUT2D eigenvalue weighted by Gasteiger charge is 2.05. The molecule has 0 saturated carbocycles. The number of rotatable bonds is 5. The van der Waals surface area contributed by atoms with Gasteiger partial charge in [0, 0.05) is 18.0 Å². The van der Waals surface area contributed by atoms with Crippen LogP contribution in [0.1, 0.15) is 33.6 Å². The molecule has 0 saturated heterocycles. The van der Waals surface area contributed by atoms with E-state index in [1.165, 1.54) is 12.8 Å². The molecule has 0 rings (SSSR count). The van der Waals surface area contributed by atoms with E-state index < -0.39 is 0 Å². The Balaban J connectivity index is 3.41. The largest absolute Gasteiger partial charge is 0.310 e. The highest BCUT2D eigenvalue weighted by atomic mass is 35.5. The van der Waals surface area contributed by atoms with Crippen LogP contribution in [0.15, 0.2) is 0 Å². The molecule has 0 heterocycles. The highest BCUT2D eigenvalue weighted by Crippen LogP contribution is 1.98. The van der Waals surface area contributed by atoms with E-state index in [9.17, 15) is 0 Å². The standard InChI is InChI=1S/C8H18ClN/c1-4-8(5-2)10-7(3)6-9/h7-8,10H,4-6H2,1-3H3.